The van der Waals surface area contributed by atoms with Gasteiger partial charge in [0.05, 0.1) is 11.0 Å². The van der Waals surface area contributed by atoms with E-state index >= 15 is 0 Å². The zero-order chi connectivity index (χ0) is 32.7. The number of rotatable bonds is 4. The van der Waals surface area contributed by atoms with E-state index < -0.39 is 0 Å². The summed E-state index contributed by atoms with van der Waals surface area (Å²) in [7, 11) is 0. The molecule has 0 bridgehead atoms. The number of fused-ring (bicyclic) bond motifs is 9. The van der Waals surface area contributed by atoms with Crippen LogP contribution in [0.2, 0.25) is 0 Å². The molecule has 1 heteroatoms. The zero-order valence-electron chi connectivity index (χ0n) is 27.9. The molecule has 10 rings (SSSR count). The summed E-state index contributed by atoms with van der Waals surface area (Å²) < 4.78 is 2.46. The van der Waals surface area contributed by atoms with Gasteiger partial charge in [0, 0.05) is 21.9 Å². The van der Waals surface area contributed by atoms with Crippen LogP contribution in [0.25, 0.3) is 60.9 Å². The molecule has 0 spiro atoms. The van der Waals surface area contributed by atoms with Crippen molar-refractivity contribution < 1.29 is 0 Å². The third-order valence-electron chi connectivity index (χ3n) is 11.4. The van der Waals surface area contributed by atoms with Gasteiger partial charge in [-0.3, -0.25) is 0 Å². The molecule has 0 radical (unpaired) electrons. The summed E-state index contributed by atoms with van der Waals surface area (Å²) in [6.07, 6.45) is 2.13. The molecule has 2 aliphatic carbocycles. The monoisotopic (exact) mass is 627 g/mol. The van der Waals surface area contributed by atoms with Gasteiger partial charge in [0.2, 0.25) is 0 Å². The third-order valence-corrected chi connectivity index (χ3v) is 11.4. The predicted molar refractivity (Wildman–Crippen MR) is 206 cm³/mol. The summed E-state index contributed by atoms with van der Waals surface area (Å²) in [6, 6.07) is 59.1. The van der Waals surface area contributed by atoms with E-state index in [4.69, 9.17) is 0 Å². The second-order valence-electron chi connectivity index (χ2n) is 14.5. The van der Waals surface area contributed by atoms with Crippen LogP contribution in [-0.2, 0) is 18.3 Å². The van der Waals surface area contributed by atoms with Crippen molar-refractivity contribution in [1.29, 1.82) is 0 Å². The van der Waals surface area contributed by atoms with Crippen LogP contribution in [0.5, 0.6) is 0 Å². The molecule has 1 heterocycles. The average molecular weight is 628 g/mol. The summed E-state index contributed by atoms with van der Waals surface area (Å²) in [5.41, 5.74) is 18.8. The van der Waals surface area contributed by atoms with E-state index in [2.05, 4.69) is 176 Å². The fraction of sp³-hybridized carbons (Fsp3) is 0.125. The highest BCUT2D eigenvalue weighted by molar-refractivity contribution is 6.10. The van der Waals surface area contributed by atoms with Crippen LogP contribution < -0.4 is 0 Å². The second-order valence-corrected chi connectivity index (χ2v) is 14.5. The first-order chi connectivity index (χ1) is 24.0. The van der Waals surface area contributed by atoms with E-state index in [0.29, 0.717) is 5.92 Å². The Labute approximate surface area is 288 Å². The smallest absolute Gasteiger partial charge is 0.0541 e. The lowest BCUT2D eigenvalue weighted by Crippen LogP contribution is -2.14. The number of hydrogen-bond donors (Lipinski definition) is 0. The minimum absolute atomic E-state index is 0.00161. The highest BCUT2D eigenvalue weighted by Crippen LogP contribution is 2.50. The molecule has 2 aliphatic rings. The molecule has 1 nitrogen and oxygen atoms in total. The van der Waals surface area contributed by atoms with E-state index in [0.717, 1.165) is 12.8 Å². The highest BCUT2D eigenvalue weighted by atomic mass is 15.0. The molecule has 49 heavy (non-hydrogen) atoms. The van der Waals surface area contributed by atoms with Crippen molar-refractivity contribution in [3.05, 3.63) is 186 Å². The predicted octanol–water partition coefficient (Wildman–Crippen LogP) is 12.3. The summed E-state index contributed by atoms with van der Waals surface area (Å²) in [4.78, 5) is 0. The molecule has 1 unspecified atom stereocenters. The Morgan fingerprint density at radius 2 is 1.22 bits per heavy atom. The SMILES string of the molecule is CC1(C)c2ccccc2-c2cc(-n3c4ccccc4c4cc(-c5ccc6c(c5)-c5ccccc5C(Cc5ccccc5)C6)ccc43)ccc21. The van der Waals surface area contributed by atoms with Crippen molar-refractivity contribution in [2.75, 3.05) is 0 Å². The van der Waals surface area contributed by atoms with Gasteiger partial charge in [-0.1, -0.05) is 135 Å². The second kappa shape index (κ2) is 10.7. The first-order valence-corrected chi connectivity index (χ1v) is 17.6. The molecule has 1 atom stereocenters. The summed E-state index contributed by atoms with van der Waals surface area (Å²) >= 11 is 0. The number of para-hydroxylation sites is 1. The van der Waals surface area contributed by atoms with Gasteiger partial charge in [-0.2, -0.15) is 0 Å². The van der Waals surface area contributed by atoms with Gasteiger partial charge in [0.15, 0.2) is 0 Å². The molecule has 234 valence electrons. The molecular formula is C48H37N. The van der Waals surface area contributed by atoms with Gasteiger partial charge in [-0.25, -0.2) is 0 Å². The Morgan fingerprint density at radius 3 is 2.12 bits per heavy atom. The van der Waals surface area contributed by atoms with Crippen LogP contribution in [0, 0.1) is 0 Å². The lowest BCUT2D eigenvalue weighted by Gasteiger charge is -2.28. The van der Waals surface area contributed by atoms with Crippen LogP contribution in [0.3, 0.4) is 0 Å². The highest BCUT2D eigenvalue weighted by Gasteiger charge is 2.35. The van der Waals surface area contributed by atoms with Crippen molar-refractivity contribution in [2.24, 2.45) is 0 Å². The first-order valence-electron chi connectivity index (χ1n) is 17.6. The van der Waals surface area contributed by atoms with Crippen LogP contribution >= 0.6 is 0 Å². The van der Waals surface area contributed by atoms with Gasteiger partial charge < -0.3 is 4.57 Å². The van der Waals surface area contributed by atoms with Gasteiger partial charge in [-0.05, 0) is 116 Å². The minimum atomic E-state index is -0.00161. The van der Waals surface area contributed by atoms with Crippen LogP contribution in [0.4, 0.5) is 0 Å². The lowest BCUT2D eigenvalue weighted by atomic mass is 9.75. The molecule has 0 aliphatic heterocycles. The normalized spacial score (nSPS) is 15.5. The summed E-state index contributed by atoms with van der Waals surface area (Å²) in [5.74, 6) is 0.484. The van der Waals surface area contributed by atoms with Crippen molar-refractivity contribution in [3.8, 4) is 39.1 Å². The van der Waals surface area contributed by atoms with E-state index in [1.54, 1.807) is 0 Å². The summed E-state index contributed by atoms with van der Waals surface area (Å²) in [6.45, 7) is 4.70. The number of hydrogen-bond acceptors (Lipinski definition) is 0. The fourth-order valence-electron chi connectivity index (χ4n) is 9.02. The molecule has 1 aromatic heterocycles. The van der Waals surface area contributed by atoms with Crippen LogP contribution in [-0.4, -0.2) is 4.57 Å². The Balaban J connectivity index is 1.08. The fourth-order valence-corrected chi connectivity index (χ4v) is 9.02. The maximum absolute atomic E-state index is 2.46. The van der Waals surface area contributed by atoms with Crippen molar-refractivity contribution >= 4 is 21.8 Å². The van der Waals surface area contributed by atoms with Crippen molar-refractivity contribution in [2.45, 2.75) is 38.0 Å². The average Bonchev–Trinajstić information content (AvgIpc) is 3.60. The lowest BCUT2D eigenvalue weighted by molar-refractivity contribution is 0.660. The number of benzene rings is 7. The molecule has 7 aromatic carbocycles. The molecule has 0 fully saturated rings. The van der Waals surface area contributed by atoms with Gasteiger partial charge in [0.25, 0.3) is 0 Å². The largest absolute Gasteiger partial charge is 0.309 e. The van der Waals surface area contributed by atoms with Crippen LogP contribution in [0.1, 0.15) is 47.6 Å². The van der Waals surface area contributed by atoms with Crippen LogP contribution in [0.15, 0.2) is 158 Å². The Morgan fingerprint density at radius 1 is 0.531 bits per heavy atom. The molecule has 0 saturated carbocycles. The minimum Gasteiger partial charge on any atom is -0.309 e. The quantitative estimate of drug-likeness (QED) is 0.183. The number of nitrogens with zero attached hydrogens (tertiary/aromatic N) is 1. The van der Waals surface area contributed by atoms with Gasteiger partial charge in [0.1, 0.15) is 0 Å². The molecule has 0 saturated heterocycles. The number of aromatic nitrogens is 1. The third kappa shape index (κ3) is 4.32. The Hall–Kier alpha value is -5.66. The van der Waals surface area contributed by atoms with Gasteiger partial charge in [-0.15, -0.1) is 0 Å². The topological polar surface area (TPSA) is 4.93 Å². The Kier molecular flexibility index (Phi) is 6.18. The molecular weight excluding hydrogens is 591 g/mol. The van der Waals surface area contributed by atoms with E-state index in [-0.39, 0.29) is 5.41 Å². The molecule has 0 N–H and O–H groups in total. The van der Waals surface area contributed by atoms with Crippen molar-refractivity contribution in [1.82, 2.24) is 4.57 Å². The maximum atomic E-state index is 2.46. The Bertz CT molecular complexity index is 2580. The van der Waals surface area contributed by atoms with Crippen molar-refractivity contribution in [3.63, 3.8) is 0 Å². The standard InChI is InChI=1S/C48H37N/c1-48(2)44-18-10-8-16-39(44)42-30-36(23-24-45(42)48)49-46-19-11-9-17-40(46)43-29-33(22-25-47(43)49)32-20-21-34-27-35(26-31-12-4-3-5-13-31)37-14-6-7-15-38(37)41(34)28-32/h3-25,28-30,35H,26-27H2,1-2H3. The van der Waals surface area contributed by atoms with Gasteiger partial charge >= 0.3 is 0 Å². The zero-order valence-corrected chi connectivity index (χ0v) is 27.9. The van der Waals surface area contributed by atoms with E-state index in [1.165, 1.54) is 88.7 Å². The maximum Gasteiger partial charge on any atom is 0.0541 e. The van der Waals surface area contributed by atoms with E-state index in [9.17, 15) is 0 Å². The van der Waals surface area contributed by atoms with E-state index in [1.807, 2.05) is 0 Å². The summed E-state index contributed by atoms with van der Waals surface area (Å²) in [5, 5.41) is 2.57. The molecule has 0 amide bonds. The molecule has 8 aromatic rings. The first kappa shape index (κ1) is 28.4.